The highest BCUT2D eigenvalue weighted by atomic mass is 16.6. The van der Waals surface area contributed by atoms with Crippen molar-refractivity contribution in [1.29, 1.82) is 0 Å². The lowest BCUT2D eigenvalue weighted by Crippen LogP contribution is -2.41. The van der Waals surface area contributed by atoms with Crippen molar-refractivity contribution in [3.05, 3.63) is 54.7 Å². The Morgan fingerprint density at radius 2 is 1.92 bits per heavy atom. The summed E-state index contributed by atoms with van der Waals surface area (Å²) in [4.78, 5) is 38.9. The lowest BCUT2D eigenvalue weighted by molar-refractivity contribution is -0.384. The van der Waals surface area contributed by atoms with Gasteiger partial charge in [-0.3, -0.25) is 29.0 Å². The Labute approximate surface area is 147 Å². The molecule has 0 bridgehead atoms. The van der Waals surface area contributed by atoms with Crippen LogP contribution >= 0.6 is 0 Å². The van der Waals surface area contributed by atoms with Crippen molar-refractivity contribution in [2.24, 2.45) is 4.99 Å². The molecule has 2 rings (SSSR count). The summed E-state index contributed by atoms with van der Waals surface area (Å²) in [5.41, 5.74) is -1.38. The molecule has 0 atom stereocenters. The van der Waals surface area contributed by atoms with E-state index in [9.17, 15) is 24.8 Å². The first-order valence-corrected chi connectivity index (χ1v) is 7.78. The first kappa shape index (κ1) is 18.9. The molecule has 1 N–H and O–H groups in total. The normalized spacial score (nSPS) is 11.0. The molecule has 0 unspecified atom stereocenters. The number of nitro benzene ring substituents is 1. The number of nitrogens with zero attached hydrogens (tertiary/aromatic N) is 4. The molecule has 0 fully saturated rings. The van der Waals surface area contributed by atoms with E-state index in [1.807, 2.05) is 0 Å². The van der Waals surface area contributed by atoms with E-state index in [0.717, 1.165) is 15.3 Å². The molecule has 1 heterocycles. The van der Waals surface area contributed by atoms with Crippen LogP contribution in [0, 0.1) is 10.1 Å². The van der Waals surface area contributed by atoms with Gasteiger partial charge in [-0.05, 0) is 19.9 Å². The van der Waals surface area contributed by atoms with E-state index in [1.165, 1.54) is 25.3 Å². The summed E-state index contributed by atoms with van der Waals surface area (Å²) < 4.78 is 7.11. The number of aromatic hydroxyl groups is 1. The second-order valence-electron chi connectivity index (χ2n) is 5.18. The summed E-state index contributed by atoms with van der Waals surface area (Å²) in [5.74, 6) is -0.355. The number of rotatable bonds is 6. The molecule has 10 heteroatoms. The van der Waals surface area contributed by atoms with E-state index in [-0.39, 0.29) is 35.8 Å². The maximum Gasteiger partial charge on any atom is 0.333 e. The van der Waals surface area contributed by atoms with Gasteiger partial charge < -0.3 is 9.84 Å². The second-order valence-corrected chi connectivity index (χ2v) is 5.18. The third-order valence-corrected chi connectivity index (χ3v) is 3.77. The fourth-order valence-electron chi connectivity index (χ4n) is 2.41. The van der Waals surface area contributed by atoms with E-state index in [0.29, 0.717) is 0 Å². The summed E-state index contributed by atoms with van der Waals surface area (Å²) in [5, 5.41) is 21.1. The van der Waals surface area contributed by atoms with Crippen LogP contribution in [0.2, 0.25) is 0 Å². The second kappa shape index (κ2) is 7.64. The average molecular weight is 362 g/mol. The fraction of sp³-hybridized carbons (Fsp3) is 0.312. The van der Waals surface area contributed by atoms with Gasteiger partial charge in [-0.2, -0.15) is 0 Å². The van der Waals surface area contributed by atoms with Gasteiger partial charge in [0.1, 0.15) is 11.3 Å². The number of ether oxygens (including phenoxy) is 1. The third-order valence-electron chi connectivity index (χ3n) is 3.77. The Kier molecular flexibility index (Phi) is 5.55. The number of nitro groups is 1. The molecule has 2 aromatic rings. The van der Waals surface area contributed by atoms with Crippen molar-refractivity contribution in [1.82, 2.24) is 9.13 Å². The van der Waals surface area contributed by atoms with Gasteiger partial charge >= 0.3 is 5.69 Å². The molecule has 0 saturated carbocycles. The highest BCUT2D eigenvalue weighted by Crippen LogP contribution is 2.31. The molecule has 138 valence electrons. The largest absolute Gasteiger partial charge is 0.494 e. The number of aromatic nitrogens is 2. The van der Waals surface area contributed by atoms with Crippen LogP contribution in [0.25, 0.3) is 0 Å². The minimum atomic E-state index is -0.677. The zero-order valence-corrected chi connectivity index (χ0v) is 14.5. The average Bonchev–Trinajstić information content (AvgIpc) is 2.62. The molecule has 26 heavy (non-hydrogen) atoms. The van der Waals surface area contributed by atoms with Gasteiger partial charge in [0.15, 0.2) is 5.75 Å². The van der Waals surface area contributed by atoms with Crippen molar-refractivity contribution >= 4 is 17.6 Å². The van der Waals surface area contributed by atoms with Crippen molar-refractivity contribution < 1.29 is 14.8 Å². The first-order valence-electron chi connectivity index (χ1n) is 7.78. The Balaban J connectivity index is 2.60. The van der Waals surface area contributed by atoms with Crippen LogP contribution < -0.4 is 16.0 Å². The number of non-ortho nitro benzene ring substituents is 1. The fourth-order valence-corrected chi connectivity index (χ4v) is 2.41. The van der Waals surface area contributed by atoms with Crippen molar-refractivity contribution in [2.45, 2.75) is 26.9 Å². The van der Waals surface area contributed by atoms with Crippen molar-refractivity contribution in [3.8, 4) is 11.6 Å². The molecule has 0 radical (unpaired) electrons. The first-order chi connectivity index (χ1) is 12.3. The van der Waals surface area contributed by atoms with E-state index < -0.39 is 22.1 Å². The maximum absolute atomic E-state index is 12.4. The van der Waals surface area contributed by atoms with Gasteiger partial charge in [-0.15, -0.1) is 0 Å². The molecule has 0 aliphatic rings. The predicted octanol–water partition coefficient (Wildman–Crippen LogP) is 1.42. The van der Waals surface area contributed by atoms with Crippen LogP contribution in [0.3, 0.4) is 0 Å². The van der Waals surface area contributed by atoms with E-state index >= 15 is 0 Å². The van der Waals surface area contributed by atoms with Gasteiger partial charge in [0.25, 0.3) is 11.2 Å². The van der Waals surface area contributed by atoms with Crippen molar-refractivity contribution in [2.75, 3.05) is 7.11 Å². The summed E-state index contributed by atoms with van der Waals surface area (Å²) >= 11 is 0. The highest BCUT2D eigenvalue weighted by Gasteiger charge is 2.16. The highest BCUT2D eigenvalue weighted by molar-refractivity contribution is 5.85. The number of methoxy groups -OCH3 is 1. The zero-order valence-electron chi connectivity index (χ0n) is 14.5. The molecule has 1 aromatic heterocycles. The summed E-state index contributed by atoms with van der Waals surface area (Å²) in [6.07, 6.45) is 1.11. The number of aliphatic imine (C=N–C) groups is 1. The summed E-state index contributed by atoms with van der Waals surface area (Å²) in [7, 11) is 1.33. The topological polar surface area (TPSA) is 129 Å². The molecule has 0 saturated heterocycles. The minimum absolute atomic E-state index is 0.134. The lowest BCUT2D eigenvalue weighted by atomic mass is 10.2. The van der Waals surface area contributed by atoms with Crippen LogP contribution in [0.1, 0.15) is 19.4 Å². The quantitative estimate of drug-likeness (QED) is 0.470. The van der Waals surface area contributed by atoms with E-state index in [4.69, 9.17) is 4.74 Å². The Morgan fingerprint density at radius 1 is 1.27 bits per heavy atom. The minimum Gasteiger partial charge on any atom is -0.494 e. The van der Waals surface area contributed by atoms with Gasteiger partial charge in [0.2, 0.25) is 5.88 Å². The van der Waals surface area contributed by atoms with Crippen LogP contribution in [0.15, 0.2) is 32.8 Å². The smallest absolute Gasteiger partial charge is 0.333 e. The molecule has 10 nitrogen and oxygen atoms in total. The summed E-state index contributed by atoms with van der Waals surface area (Å²) in [6, 6.07) is 3.80. The molecule has 1 aromatic carbocycles. The van der Waals surface area contributed by atoms with E-state index in [1.54, 1.807) is 13.8 Å². The lowest BCUT2D eigenvalue weighted by Gasteiger charge is -2.11. The molecule has 0 amide bonds. The van der Waals surface area contributed by atoms with Crippen LogP contribution in [0.4, 0.5) is 11.4 Å². The van der Waals surface area contributed by atoms with E-state index in [2.05, 4.69) is 4.99 Å². The third kappa shape index (κ3) is 3.34. The number of hydrogen-bond acceptors (Lipinski definition) is 7. The van der Waals surface area contributed by atoms with Gasteiger partial charge in [-0.1, -0.05) is 0 Å². The molecule has 0 aliphatic heterocycles. The zero-order chi connectivity index (χ0) is 19.4. The Hall–Kier alpha value is -3.43. The molecule has 0 aliphatic carbocycles. The Morgan fingerprint density at radius 3 is 2.46 bits per heavy atom. The summed E-state index contributed by atoms with van der Waals surface area (Å²) in [6.45, 7) is 3.61. The molecular weight excluding hydrogens is 344 g/mol. The molecular formula is C16H18N4O6. The van der Waals surface area contributed by atoms with Gasteiger partial charge in [0, 0.05) is 25.4 Å². The van der Waals surface area contributed by atoms with Crippen LogP contribution in [-0.4, -0.2) is 32.5 Å². The van der Waals surface area contributed by atoms with Gasteiger partial charge in [-0.25, -0.2) is 4.79 Å². The monoisotopic (exact) mass is 362 g/mol. The van der Waals surface area contributed by atoms with Crippen LogP contribution in [0.5, 0.6) is 11.6 Å². The molecule has 0 spiro atoms. The van der Waals surface area contributed by atoms with Crippen LogP contribution in [-0.2, 0) is 13.1 Å². The Bertz CT molecular complexity index is 989. The van der Waals surface area contributed by atoms with Crippen molar-refractivity contribution in [3.63, 3.8) is 0 Å². The maximum atomic E-state index is 12.4. The standard InChI is InChI=1S/C16H18N4O6/c1-4-18-14(21)11(15(22)19(5-2)16(18)23)9-17-12-7-6-10(20(24)25)8-13(12)26-3/h6-9,21H,4-5H2,1-3H3. The predicted molar refractivity (Wildman–Crippen MR) is 94.9 cm³/mol. The SMILES string of the molecule is CCn1c(O)c(C=Nc2ccc([N+](=O)[O-])cc2OC)c(=O)n(CC)c1=O. The number of hydrogen-bond donors (Lipinski definition) is 1. The number of benzene rings is 1. The van der Waals surface area contributed by atoms with Gasteiger partial charge in [0.05, 0.1) is 18.1 Å².